The summed E-state index contributed by atoms with van der Waals surface area (Å²) < 4.78 is 0. The maximum Gasteiger partial charge on any atom is 0.303 e. The van der Waals surface area contributed by atoms with Crippen molar-refractivity contribution in [1.82, 2.24) is 0 Å². The van der Waals surface area contributed by atoms with Crippen LogP contribution in [0.25, 0.3) is 0 Å². The van der Waals surface area contributed by atoms with E-state index in [1.807, 2.05) is 0 Å². The first-order valence-corrected chi connectivity index (χ1v) is 6.60. The highest BCUT2D eigenvalue weighted by atomic mass is 16.4. The summed E-state index contributed by atoms with van der Waals surface area (Å²) >= 11 is 0. The maximum absolute atomic E-state index is 10.6. The Kier molecular flexibility index (Phi) is 3.90. The third-order valence-electron chi connectivity index (χ3n) is 3.75. The number of aryl methyl sites for hydroxylation is 2. The molecule has 1 aromatic carbocycles. The summed E-state index contributed by atoms with van der Waals surface area (Å²) in [5.74, 6) is -0.151. The van der Waals surface area contributed by atoms with E-state index in [0.29, 0.717) is 12.3 Å². The highest BCUT2D eigenvalue weighted by Crippen LogP contribution is 2.29. The molecule has 0 aromatic heterocycles. The van der Waals surface area contributed by atoms with Crippen molar-refractivity contribution < 1.29 is 9.90 Å². The van der Waals surface area contributed by atoms with Gasteiger partial charge < -0.3 is 10.0 Å². The average molecular weight is 247 g/mol. The molecule has 18 heavy (non-hydrogen) atoms. The Morgan fingerprint density at radius 2 is 2.22 bits per heavy atom. The van der Waals surface area contributed by atoms with Crippen molar-refractivity contribution >= 4 is 11.7 Å². The molecule has 1 aliphatic rings. The normalized spacial score (nSPS) is 19.2. The first-order chi connectivity index (χ1) is 8.56. The van der Waals surface area contributed by atoms with Gasteiger partial charge in [-0.05, 0) is 44.2 Å². The quantitative estimate of drug-likeness (QED) is 0.889. The predicted octanol–water partition coefficient (Wildman–Crippen LogP) is 2.99. The van der Waals surface area contributed by atoms with E-state index in [1.165, 1.54) is 16.8 Å². The number of carbonyl (C=O) groups is 1. The molecule has 0 radical (unpaired) electrons. The second kappa shape index (κ2) is 5.42. The highest BCUT2D eigenvalue weighted by molar-refractivity contribution is 5.66. The van der Waals surface area contributed by atoms with Crippen molar-refractivity contribution in [2.24, 2.45) is 5.92 Å². The summed E-state index contributed by atoms with van der Waals surface area (Å²) in [6.45, 7) is 6.30. The zero-order valence-electron chi connectivity index (χ0n) is 11.1. The first kappa shape index (κ1) is 12.9. The van der Waals surface area contributed by atoms with Gasteiger partial charge in [-0.25, -0.2) is 0 Å². The van der Waals surface area contributed by atoms with Gasteiger partial charge in [0, 0.05) is 25.2 Å². The van der Waals surface area contributed by atoms with E-state index in [9.17, 15) is 4.79 Å². The molecule has 1 unspecified atom stereocenters. The van der Waals surface area contributed by atoms with Crippen LogP contribution in [0.3, 0.4) is 0 Å². The Labute approximate surface area is 108 Å². The topological polar surface area (TPSA) is 40.5 Å². The van der Waals surface area contributed by atoms with E-state index in [2.05, 4.69) is 36.9 Å². The summed E-state index contributed by atoms with van der Waals surface area (Å²) in [5.41, 5.74) is 3.91. The number of nitrogens with zero attached hydrogens (tertiary/aromatic N) is 1. The zero-order valence-corrected chi connectivity index (χ0v) is 11.1. The second-order valence-electron chi connectivity index (χ2n) is 5.32. The molecule has 1 aromatic rings. The van der Waals surface area contributed by atoms with Crippen LogP contribution in [-0.4, -0.2) is 24.2 Å². The lowest BCUT2D eigenvalue weighted by Gasteiger charge is -2.21. The third kappa shape index (κ3) is 3.03. The van der Waals surface area contributed by atoms with Crippen molar-refractivity contribution in [1.29, 1.82) is 0 Å². The van der Waals surface area contributed by atoms with E-state index in [-0.39, 0.29) is 0 Å². The second-order valence-corrected chi connectivity index (χ2v) is 5.32. The molecule has 1 atom stereocenters. The van der Waals surface area contributed by atoms with E-state index in [1.54, 1.807) is 0 Å². The fraction of sp³-hybridized carbons (Fsp3) is 0.533. The highest BCUT2D eigenvalue weighted by Gasteiger charge is 2.23. The third-order valence-corrected chi connectivity index (χ3v) is 3.75. The molecule has 2 rings (SSSR count). The number of rotatable bonds is 4. The van der Waals surface area contributed by atoms with Crippen molar-refractivity contribution in [2.45, 2.75) is 33.1 Å². The van der Waals surface area contributed by atoms with E-state index in [4.69, 9.17) is 5.11 Å². The molecule has 98 valence electrons. The summed E-state index contributed by atoms with van der Waals surface area (Å²) in [6.07, 6.45) is 2.21. The summed E-state index contributed by atoms with van der Waals surface area (Å²) in [6, 6.07) is 6.54. The minimum atomic E-state index is -0.681. The van der Waals surface area contributed by atoms with Gasteiger partial charge in [0.15, 0.2) is 0 Å². The zero-order chi connectivity index (χ0) is 13.1. The van der Waals surface area contributed by atoms with E-state index >= 15 is 0 Å². The fourth-order valence-electron chi connectivity index (χ4n) is 2.77. The van der Waals surface area contributed by atoms with Crippen molar-refractivity contribution in [3.05, 3.63) is 29.3 Å². The van der Waals surface area contributed by atoms with Crippen LogP contribution in [0, 0.1) is 19.8 Å². The van der Waals surface area contributed by atoms with Gasteiger partial charge >= 0.3 is 5.97 Å². The lowest BCUT2D eigenvalue weighted by molar-refractivity contribution is -0.137. The molecule has 3 nitrogen and oxygen atoms in total. The lowest BCUT2D eigenvalue weighted by Crippen LogP contribution is -2.20. The Morgan fingerprint density at radius 1 is 1.44 bits per heavy atom. The van der Waals surface area contributed by atoms with Crippen LogP contribution in [0.1, 0.15) is 30.4 Å². The Morgan fingerprint density at radius 3 is 2.89 bits per heavy atom. The van der Waals surface area contributed by atoms with Crippen LogP contribution in [0.2, 0.25) is 0 Å². The number of anilines is 1. The molecular formula is C15H21NO2. The Bertz CT molecular complexity index is 442. The number of carboxylic acids is 1. The van der Waals surface area contributed by atoms with Gasteiger partial charge in [-0.3, -0.25) is 4.79 Å². The van der Waals surface area contributed by atoms with Crippen LogP contribution in [0.15, 0.2) is 18.2 Å². The smallest absolute Gasteiger partial charge is 0.303 e. The number of hydrogen-bond donors (Lipinski definition) is 1. The van der Waals surface area contributed by atoms with E-state index < -0.39 is 5.97 Å². The maximum atomic E-state index is 10.6. The summed E-state index contributed by atoms with van der Waals surface area (Å²) in [4.78, 5) is 13.0. The SMILES string of the molecule is Cc1ccc(N2CCC(CCC(=O)O)C2)c(C)c1. The van der Waals surface area contributed by atoms with Crippen LogP contribution in [-0.2, 0) is 4.79 Å². The molecule has 1 fully saturated rings. The van der Waals surface area contributed by atoms with Gasteiger partial charge in [0.05, 0.1) is 0 Å². The van der Waals surface area contributed by atoms with Crippen LogP contribution >= 0.6 is 0 Å². The van der Waals surface area contributed by atoms with Crippen molar-refractivity contribution in [2.75, 3.05) is 18.0 Å². The van der Waals surface area contributed by atoms with Crippen LogP contribution in [0.4, 0.5) is 5.69 Å². The molecule has 0 spiro atoms. The average Bonchev–Trinajstić information content (AvgIpc) is 2.75. The molecule has 1 N–H and O–H groups in total. The minimum absolute atomic E-state index is 0.297. The van der Waals surface area contributed by atoms with Crippen LogP contribution in [0.5, 0.6) is 0 Å². The van der Waals surface area contributed by atoms with Crippen molar-refractivity contribution in [3.8, 4) is 0 Å². The van der Waals surface area contributed by atoms with E-state index in [0.717, 1.165) is 25.9 Å². The molecule has 3 heteroatoms. The summed E-state index contributed by atoms with van der Waals surface area (Å²) in [7, 11) is 0. The van der Waals surface area contributed by atoms with Gasteiger partial charge in [0.25, 0.3) is 0 Å². The predicted molar refractivity (Wildman–Crippen MR) is 73.1 cm³/mol. The fourth-order valence-corrected chi connectivity index (χ4v) is 2.77. The monoisotopic (exact) mass is 247 g/mol. The molecule has 1 heterocycles. The standard InChI is InChI=1S/C15H21NO2/c1-11-3-5-14(12(2)9-11)16-8-7-13(10-16)4-6-15(17)18/h3,5,9,13H,4,6-8,10H2,1-2H3,(H,17,18). The number of aliphatic carboxylic acids is 1. The molecule has 0 amide bonds. The Balaban J connectivity index is 1.97. The summed E-state index contributed by atoms with van der Waals surface area (Å²) in [5, 5.41) is 8.72. The van der Waals surface area contributed by atoms with Gasteiger partial charge in [0.1, 0.15) is 0 Å². The Hall–Kier alpha value is -1.51. The van der Waals surface area contributed by atoms with Crippen molar-refractivity contribution in [3.63, 3.8) is 0 Å². The lowest BCUT2D eigenvalue weighted by atomic mass is 10.0. The molecule has 0 bridgehead atoms. The minimum Gasteiger partial charge on any atom is -0.481 e. The van der Waals surface area contributed by atoms with Crippen LogP contribution < -0.4 is 4.90 Å². The first-order valence-electron chi connectivity index (χ1n) is 6.60. The number of benzene rings is 1. The van der Waals surface area contributed by atoms with Gasteiger partial charge in [0.2, 0.25) is 0 Å². The molecule has 0 aliphatic carbocycles. The molecule has 0 saturated carbocycles. The number of hydrogen-bond acceptors (Lipinski definition) is 2. The largest absolute Gasteiger partial charge is 0.481 e. The molecule has 1 aliphatic heterocycles. The van der Waals surface area contributed by atoms with Gasteiger partial charge in [-0.15, -0.1) is 0 Å². The van der Waals surface area contributed by atoms with Gasteiger partial charge in [-0.2, -0.15) is 0 Å². The van der Waals surface area contributed by atoms with Gasteiger partial charge in [-0.1, -0.05) is 17.7 Å². The molecule has 1 saturated heterocycles. The number of carboxylic acid groups (broad SMARTS) is 1. The molecular weight excluding hydrogens is 226 g/mol.